The molecule has 0 spiro atoms. The smallest absolute Gasteiger partial charge is 0.244 e. The van der Waals surface area contributed by atoms with Crippen LogP contribution in [0.25, 0.3) is 0 Å². The minimum atomic E-state index is -0.360. The third-order valence-electron chi connectivity index (χ3n) is 2.98. The SMILES string of the molecule is CN1CC(=O)N(CC(=O)Nc2cccc(N)c2)CC1=O. The summed E-state index contributed by atoms with van der Waals surface area (Å²) in [5.41, 5.74) is 6.70. The van der Waals surface area contributed by atoms with Crippen molar-refractivity contribution in [2.45, 2.75) is 0 Å². The number of nitrogens with zero attached hydrogens (tertiary/aromatic N) is 2. The van der Waals surface area contributed by atoms with Gasteiger partial charge in [0, 0.05) is 18.4 Å². The first-order valence-corrected chi connectivity index (χ1v) is 6.13. The van der Waals surface area contributed by atoms with E-state index in [1.807, 2.05) is 0 Å². The van der Waals surface area contributed by atoms with Crippen molar-refractivity contribution in [2.24, 2.45) is 0 Å². The first-order valence-electron chi connectivity index (χ1n) is 6.13. The van der Waals surface area contributed by atoms with Gasteiger partial charge in [-0.1, -0.05) is 6.07 Å². The number of benzene rings is 1. The third kappa shape index (κ3) is 3.25. The van der Waals surface area contributed by atoms with E-state index in [1.54, 1.807) is 31.3 Å². The standard InChI is InChI=1S/C13H16N4O3/c1-16-7-13(20)17(8-12(16)19)6-11(18)15-10-4-2-3-9(14)5-10/h2-5H,6-8,14H2,1H3,(H,15,18). The van der Waals surface area contributed by atoms with E-state index in [0.717, 1.165) is 0 Å². The topological polar surface area (TPSA) is 95.7 Å². The molecule has 0 saturated carbocycles. The molecule has 1 aliphatic heterocycles. The second-order valence-electron chi connectivity index (χ2n) is 4.67. The van der Waals surface area contributed by atoms with Crippen molar-refractivity contribution >= 4 is 29.1 Å². The molecule has 1 aromatic carbocycles. The molecule has 0 aliphatic carbocycles. The predicted molar refractivity (Wildman–Crippen MR) is 73.7 cm³/mol. The van der Waals surface area contributed by atoms with Crippen LogP contribution >= 0.6 is 0 Å². The minimum Gasteiger partial charge on any atom is -0.399 e. The van der Waals surface area contributed by atoms with E-state index >= 15 is 0 Å². The number of nitrogens with one attached hydrogen (secondary N) is 1. The van der Waals surface area contributed by atoms with Crippen molar-refractivity contribution < 1.29 is 14.4 Å². The van der Waals surface area contributed by atoms with Crippen LogP contribution in [0.3, 0.4) is 0 Å². The molecular weight excluding hydrogens is 260 g/mol. The first kappa shape index (κ1) is 13.9. The molecule has 3 amide bonds. The fourth-order valence-corrected chi connectivity index (χ4v) is 1.90. The summed E-state index contributed by atoms with van der Waals surface area (Å²) in [6, 6.07) is 6.74. The summed E-state index contributed by atoms with van der Waals surface area (Å²) < 4.78 is 0. The van der Waals surface area contributed by atoms with Gasteiger partial charge in [-0.25, -0.2) is 0 Å². The Hall–Kier alpha value is -2.57. The number of piperazine rings is 1. The molecule has 1 aliphatic rings. The van der Waals surface area contributed by atoms with Crippen LogP contribution in [-0.2, 0) is 14.4 Å². The Balaban J connectivity index is 1.94. The summed E-state index contributed by atoms with van der Waals surface area (Å²) in [6.45, 7) is -0.211. The van der Waals surface area contributed by atoms with Gasteiger partial charge < -0.3 is 20.9 Å². The molecule has 0 unspecified atom stereocenters. The molecule has 0 atom stereocenters. The Morgan fingerprint density at radius 1 is 1.30 bits per heavy atom. The zero-order valence-corrected chi connectivity index (χ0v) is 11.1. The number of carbonyl (C=O) groups excluding carboxylic acids is 3. The monoisotopic (exact) mass is 276 g/mol. The minimum absolute atomic E-state index is 0.00436. The van der Waals surface area contributed by atoms with E-state index in [9.17, 15) is 14.4 Å². The number of rotatable bonds is 3. The fourth-order valence-electron chi connectivity index (χ4n) is 1.90. The van der Waals surface area contributed by atoms with Gasteiger partial charge >= 0.3 is 0 Å². The lowest BCUT2D eigenvalue weighted by Gasteiger charge is -2.31. The molecule has 0 bridgehead atoms. The molecular formula is C13H16N4O3. The Labute approximate surface area is 116 Å². The highest BCUT2D eigenvalue weighted by atomic mass is 16.2. The van der Waals surface area contributed by atoms with E-state index in [-0.39, 0.29) is 37.4 Å². The van der Waals surface area contributed by atoms with Crippen LogP contribution in [0.15, 0.2) is 24.3 Å². The number of nitrogens with two attached hydrogens (primary N) is 1. The highest BCUT2D eigenvalue weighted by Gasteiger charge is 2.28. The van der Waals surface area contributed by atoms with Crippen molar-refractivity contribution in [3.63, 3.8) is 0 Å². The summed E-state index contributed by atoms with van der Waals surface area (Å²) in [6.07, 6.45) is 0. The van der Waals surface area contributed by atoms with Crippen LogP contribution in [-0.4, -0.2) is 54.2 Å². The zero-order chi connectivity index (χ0) is 14.7. The highest BCUT2D eigenvalue weighted by molar-refractivity contribution is 5.98. The van der Waals surface area contributed by atoms with E-state index in [2.05, 4.69) is 5.32 Å². The quantitative estimate of drug-likeness (QED) is 0.728. The van der Waals surface area contributed by atoms with Gasteiger partial charge in [-0.2, -0.15) is 0 Å². The van der Waals surface area contributed by atoms with Gasteiger partial charge in [-0.05, 0) is 18.2 Å². The molecule has 7 nitrogen and oxygen atoms in total. The molecule has 1 fully saturated rings. The van der Waals surface area contributed by atoms with Crippen molar-refractivity contribution in [2.75, 3.05) is 37.7 Å². The average molecular weight is 276 g/mol. The lowest BCUT2D eigenvalue weighted by atomic mass is 10.2. The third-order valence-corrected chi connectivity index (χ3v) is 2.98. The molecule has 1 aromatic rings. The van der Waals surface area contributed by atoms with Gasteiger partial charge in [0.15, 0.2) is 0 Å². The maximum Gasteiger partial charge on any atom is 0.244 e. The van der Waals surface area contributed by atoms with Gasteiger partial charge in [0.25, 0.3) is 0 Å². The summed E-state index contributed by atoms with van der Waals surface area (Å²) >= 11 is 0. The van der Waals surface area contributed by atoms with Crippen molar-refractivity contribution in [3.8, 4) is 0 Å². The number of likely N-dealkylation sites (N-methyl/N-ethyl adjacent to an activating group) is 1. The maximum atomic E-state index is 11.9. The second kappa shape index (κ2) is 5.60. The van der Waals surface area contributed by atoms with E-state index in [4.69, 9.17) is 5.73 Å². The number of carbonyl (C=O) groups is 3. The van der Waals surface area contributed by atoms with Crippen molar-refractivity contribution in [3.05, 3.63) is 24.3 Å². The molecule has 20 heavy (non-hydrogen) atoms. The molecule has 106 valence electrons. The van der Waals surface area contributed by atoms with E-state index < -0.39 is 0 Å². The van der Waals surface area contributed by atoms with Crippen molar-refractivity contribution in [1.82, 2.24) is 9.80 Å². The summed E-state index contributed by atoms with van der Waals surface area (Å²) in [7, 11) is 1.56. The Morgan fingerprint density at radius 3 is 2.75 bits per heavy atom. The molecule has 1 heterocycles. The number of hydrogen-bond acceptors (Lipinski definition) is 4. The van der Waals surface area contributed by atoms with Gasteiger partial charge in [-0.3, -0.25) is 14.4 Å². The lowest BCUT2D eigenvalue weighted by molar-refractivity contribution is -0.149. The number of hydrogen-bond donors (Lipinski definition) is 2. The summed E-state index contributed by atoms with van der Waals surface area (Å²) in [4.78, 5) is 37.7. The predicted octanol–water partition coefficient (Wildman–Crippen LogP) is -0.492. The fraction of sp³-hybridized carbons (Fsp3) is 0.308. The molecule has 0 radical (unpaired) electrons. The second-order valence-corrected chi connectivity index (χ2v) is 4.67. The molecule has 2 rings (SSSR count). The van der Waals surface area contributed by atoms with Crippen LogP contribution < -0.4 is 11.1 Å². The molecule has 0 aromatic heterocycles. The van der Waals surface area contributed by atoms with Crippen LogP contribution in [0, 0.1) is 0 Å². The molecule has 7 heteroatoms. The van der Waals surface area contributed by atoms with E-state index in [0.29, 0.717) is 11.4 Å². The zero-order valence-electron chi connectivity index (χ0n) is 11.1. The Morgan fingerprint density at radius 2 is 2.05 bits per heavy atom. The maximum absolute atomic E-state index is 11.9. The normalized spacial score (nSPS) is 15.4. The van der Waals surface area contributed by atoms with Crippen LogP contribution in [0.2, 0.25) is 0 Å². The Kier molecular flexibility index (Phi) is 3.88. The molecule has 3 N–H and O–H groups in total. The van der Waals surface area contributed by atoms with Gasteiger partial charge in [0.05, 0.1) is 6.54 Å². The number of anilines is 2. The number of nitrogen functional groups attached to an aromatic ring is 1. The van der Waals surface area contributed by atoms with Gasteiger partial charge in [0.1, 0.15) is 13.1 Å². The first-order chi connectivity index (χ1) is 9.45. The van der Waals surface area contributed by atoms with Crippen molar-refractivity contribution in [1.29, 1.82) is 0 Å². The Bertz CT molecular complexity index is 558. The lowest BCUT2D eigenvalue weighted by Crippen LogP contribution is -2.54. The summed E-state index contributed by atoms with van der Waals surface area (Å²) in [5, 5.41) is 2.64. The van der Waals surface area contributed by atoms with Crippen LogP contribution in [0.4, 0.5) is 11.4 Å². The van der Waals surface area contributed by atoms with Gasteiger partial charge in [0.2, 0.25) is 17.7 Å². The molecule has 1 saturated heterocycles. The largest absolute Gasteiger partial charge is 0.399 e. The van der Waals surface area contributed by atoms with E-state index in [1.165, 1.54) is 9.80 Å². The number of amides is 3. The van der Waals surface area contributed by atoms with Crippen LogP contribution in [0.5, 0.6) is 0 Å². The highest BCUT2D eigenvalue weighted by Crippen LogP contribution is 2.12. The average Bonchev–Trinajstić information content (AvgIpc) is 2.36. The summed E-state index contributed by atoms with van der Waals surface area (Å²) in [5.74, 6) is -0.780. The van der Waals surface area contributed by atoms with Crippen LogP contribution in [0.1, 0.15) is 0 Å². The van der Waals surface area contributed by atoms with Gasteiger partial charge in [-0.15, -0.1) is 0 Å².